The number of nitrogens with two attached hydrogens (primary N) is 1. The topological polar surface area (TPSA) is 142 Å². The summed E-state index contributed by atoms with van der Waals surface area (Å²) in [6.07, 6.45) is 2.30. The quantitative estimate of drug-likeness (QED) is 0.325. The number of hydrogen-bond acceptors (Lipinski definition) is 6. The first-order valence-corrected chi connectivity index (χ1v) is 6.11. The van der Waals surface area contributed by atoms with E-state index in [1.165, 1.54) is 6.08 Å². The van der Waals surface area contributed by atoms with Crippen molar-refractivity contribution in [2.75, 3.05) is 5.73 Å². The summed E-state index contributed by atoms with van der Waals surface area (Å²) in [7, 11) is -4.59. The van der Waals surface area contributed by atoms with E-state index in [0.717, 1.165) is 12.1 Å². The maximum absolute atomic E-state index is 11.3. The molecule has 0 unspecified atom stereocenters. The summed E-state index contributed by atoms with van der Waals surface area (Å²) >= 11 is 0. The van der Waals surface area contributed by atoms with E-state index in [9.17, 15) is 18.3 Å². The molecule has 8 heteroatoms. The molecule has 1 aromatic rings. The number of aromatic hydroxyl groups is 1. The van der Waals surface area contributed by atoms with E-state index < -0.39 is 37.9 Å². The molecule has 5 N–H and O–H groups in total. The first kappa shape index (κ1) is 12.3. The Morgan fingerprint density at radius 3 is 2.44 bits per heavy atom. The zero-order chi connectivity index (χ0) is 13.7. The summed E-state index contributed by atoms with van der Waals surface area (Å²) < 4.78 is 31.1. The van der Waals surface area contributed by atoms with Gasteiger partial charge in [-0.1, -0.05) is 6.08 Å². The van der Waals surface area contributed by atoms with Gasteiger partial charge in [-0.05, 0) is 17.7 Å². The average molecular weight is 268 g/mol. The van der Waals surface area contributed by atoms with Crippen molar-refractivity contribution in [2.24, 2.45) is 0 Å². The van der Waals surface area contributed by atoms with E-state index in [-0.39, 0.29) is 11.1 Å². The third kappa shape index (κ3) is 1.67. The zero-order valence-corrected chi connectivity index (χ0v) is 9.65. The van der Waals surface area contributed by atoms with Gasteiger partial charge in [-0.25, -0.2) is 0 Å². The monoisotopic (exact) mass is 268 g/mol. The SMILES string of the molecule is N=C1C(=O)C=Cc2cc(S(=O)(=O)O)c(N)c(O)c21. The van der Waals surface area contributed by atoms with Crippen molar-refractivity contribution in [2.45, 2.75) is 4.90 Å². The first-order chi connectivity index (χ1) is 8.23. The highest BCUT2D eigenvalue weighted by molar-refractivity contribution is 7.86. The Labute approximate surface area is 102 Å². The van der Waals surface area contributed by atoms with Crippen molar-refractivity contribution >= 4 is 33.4 Å². The van der Waals surface area contributed by atoms with Gasteiger partial charge in [0.05, 0.1) is 11.3 Å². The molecule has 0 bridgehead atoms. The first-order valence-electron chi connectivity index (χ1n) is 4.67. The number of hydrogen-bond donors (Lipinski definition) is 4. The number of ketones is 1. The number of fused-ring (bicyclic) bond motifs is 1. The molecule has 1 aromatic carbocycles. The molecule has 1 aliphatic rings. The predicted octanol–water partition coefficient (Wildman–Crippen LogP) is 0.185. The van der Waals surface area contributed by atoms with Crippen molar-refractivity contribution in [3.05, 3.63) is 23.3 Å². The van der Waals surface area contributed by atoms with Gasteiger partial charge in [0.15, 0.2) is 0 Å². The Hall–Kier alpha value is -2.19. The number of anilines is 1. The summed E-state index contributed by atoms with van der Waals surface area (Å²) in [6.45, 7) is 0. The Morgan fingerprint density at radius 1 is 1.28 bits per heavy atom. The van der Waals surface area contributed by atoms with E-state index in [2.05, 4.69) is 0 Å². The number of phenols is 1. The molecular formula is C10H8N2O5S. The van der Waals surface area contributed by atoms with Crippen LogP contribution in [0, 0.1) is 5.41 Å². The van der Waals surface area contributed by atoms with Gasteiger partial charge < -0.3 is 10.8 Å². The Balaban J connectivity index is 2.87. The van der Waals surface area contributed by atoms with Crippen molar-refractivity contribution in [1.29, 1.82) is 5.41 Å². The van der Waals surface area contributed by atoms with Crippen LogP contribution >= 0.6 is 0 Å². The van der Waals surface area contributed by atoms with Gasteiger partial charge in [-0.15, -0.1) is 0 Å². The van der Waals surface area contributed by atoms with Crippen LogP contribution in [0.2, 0.25) is 0 Å². The minimum absolute atomic E-state index is 0.124. The van der Waals surface area contributed by atoms with Gasteiger partial charge >= 0.3 is 0 Å². The van der Waals surface area contributed by atoms with Crippen molar-refractivity contribution in [3.63, 3.8) is 0 Å². The van der Waals surface area contributed by atoms with Crippen LogP contribution in [-0.2, 0) is 14.9 Å². The third-order valence-electron chi connectivity index (χ3n) is 2.52. The van der Waals surface area contributed by atoms with Gasteiger partial charge in [0, 0.05) is 0 Å². The van der Waals surface area contributed by atoms with E-state index in [0.29, 0.717) is 0 Å². The minimum Gasteiger partial charge on any atom is -0.505 e. The standard InChI is InChI=1S/C10H8N2O5S/c11-8-5(13)2-1-4-3-6(18(15,16)17)9(12)10(14)7(4)8/h1-3,11,14H,12H2,(H,15,16,17). The van der Waals surface area contributed by atoms with E-state index in [1.807, 2.05) is 0 Å². The van der Waals surface area contributed by atoms with Gasteiger partial charge in [0.2, 0.25) is 5.78 Å². The van der Waals surface area contributed by atoms with E-state index in [1.54, 1.807) is 0 Å². The van der Waals surface area contributed by atoms with Crippen molar-refractivity contribution < 1.29 is 22.9 Å². The van der Waals surface area contributed by atoms with Gasteiger partial charge in [0.25, 0.3) is 10.1 Å². The molecule has 0 aromatic heterocycles. The minimum atomic E-state index is -4.59. The van der Waals surface area contributed by atoms with Crippen LogP contribution in [0.3, 0.4) is 0 Å². The fourth-order valence-electron chi connectivity index (χ4n) is 1.66. The van der Waals surface area contributed by atoms with Gasteiger partial charge in [-0.2, -0.15) is 8.42 Å². The number of phenolic OH excluding ortho intramolecular Hbond substituents is 1. The van der Waals surface area contributed by atoms with Crippen molar-refractivity contribution in [1.82, 2.24) is 0 Å². The molecule has 0 amide bonds. The third-order valence-corrected chi connectivity index (χ3v) is 3.41. The fraction of sp³-hybridized carbons (Fsp3) is 0. The highest BCUT2D eigenvalue weighted by Crippen LogP contribution is 2.36. The number of carbonyl (C=O) groups is 1. The van der Waals surface area contributed by atoms with Crippen LogP contribution in [0.1, 0.15) is 11.1 Å². The molecular weight excluding hydrogens is 260 g/mol. The fourth-order valence-corrected chi connectivity index (χ4v) is 2.31. The van der Waals surface area contributed by atoms with Crippen LogP contribution in [0.15, 0.2) is 17.0 Å². The number of carbonyl (C=O) groups excluding carboxylic acids is 1. The van der Waals surface area contributed by atoms with Crippen LogP contribution < -0.4 is 5.73 Å². The van der Waals surface area contributed by atoms with Crippen LogP contribution in [-0.4, -0.2) is 29.6 Å². The van der Waals surface area contributed by atoms with E-state index in [4.69, 9.17) is 15.7 Å². The second-order valence-electron chi connectivity index (χ2n) is 3.65. The summed E-state index contributed by atoms with van der Waals surface area (Å²) in [4.78, 5) is 10.6. The smallest absolute Gasteiger partial charge is 0.296 e. The molecule has 0 fully saturated rings. The van der Waals surface area contributed by atoms with Crippen molar-refractivity contribution in [3.8, 4) is 5.75 Å². The molecule has 0 spiro atoms. The van der Waals surface area contributed by atoms with Gasteiger partial charge in [0.1, 0.15) is 16.4 Å². The molecule has 18 heavy (non-hydrogen) atoms. The number of nitrogens with one attached hydrogen (secondary N) is 1. The molecule has 0 heterocycles. The number of benzene rings is 1. The summed E-state index contributed by atoms with van der Waals surface area (Å²) in [5.74, 6) is -1.33. The normalized spacial score (nSPS) is 14.7. The molecule has 94 valence electrons. The lowest BCUT2D eigenvalue weighted by molar-refractivity contribution is -0.108. The highest BCUT2D eigenvalue weighted by atomic mass is 32.2. The molecule has 0 radical (unpaired) electrons. The van der Waals surface area contributed by atoms with Crippen LogP contribution in [0.25, 0.3) is 6.08 Å². The largest absolute Gasteiger partial charge is 0.505 e. The second-order valence-corrected chi connectivity index (χ2v) is 5.04. The number of rotatable bonds is 1. The summed E-state index contributed by atoms with van der Waals surface area (Å²) in [5, 5.41) is 17.3. The molecule has 7 nitrogen and oxygen atoms in total. The second kappa shape index (κ2) is 3.65. The van der Waals surface area contributed by atoms with Gasteiger partial charge in [-0.3, -0.25) is 14.8 Å². The Kier molecular flexibility index (Phi) is 2.49. The van der Waals surface area contributed by atoms with Crippen LogP contribution in [0.5, 0.6) is 5.75 Å². The zero-order valence-electron chi connectivity index (χ0n) is 8.84. The molecule has 0 aliphatic heterocycles. The number of allylic oxidation sites excluding steroid dienone is 1. The lowest BCUT2D eigenvalue weighted by Gasteiger charge is -2.16. The summed E-state index contributed by atoms with van der Waals surface area (Å²) in [6, 6.07) is 0.997. The van der Waals surface area contributed by atoms with E-state index >= 15 is 0 Å². The lowest BCUT2D eigenvalue weighted by atomic mass is 9.93. The Bertz CT molecular complexity index is 718. The average Bonchev–Trinajstić information content (AvgIpc) is 2.26. The molecule has 1 aliphatic carbocycles. The predicted molar refractivity (Wildman–Crippen MR) is 63.2 cm³/mol. The maximum atomic E-state index is 11.3. The molecule has 0 saturated carbocycles. The molecule has 0 saturated heterocycles. The number of nitrogen functional groups attached to an aromatic ring is 1. The Morgan fingerprint density at radius 2 is 1.89 bits per heavy atom. The highest BCUT2D eigenvalue weighted by Gasteiger charge is 2.27. The molecule has 0 atom stereocenters. The molecule has 2 rings (SSSR count). The summed E-state index contributed by atoms with van der Waals surface area (Å²) in [5.41, 5.74) is 4.28. The lowest BCUT2D eigenvalue weighted by Crippen LogP contribution is -2.18. The van der Waals surface area contributed by atoms with Crippen LogP contribution in [0.4, 0.5) is 5.69 Å². The maximum Gasteiger partial charge on any atom is 0.296 e.